The summed E-state index contributed by atoms with van der Waals surface area (Å²) in [6.45, 7) is 6.28. The number of aryl methyl sites for hydroxylation is 1. The van der Waals surface area contributed by atoms with Crippen molar-refractivity contribution < 1.29 is 0 Å². The van der Waals surface area contributed by atoms with E-state index in [1.165, 1.54) is 0 Å². The number of nitrogens with zero attached hydrogens (tertiary/aromatic N) is 2. The molecule has 1 heterocycles. The quantitative estimate of drug-likeness (QED) is 0.794. The molecule has 0 bridgehead atoms. The number of hydrogen-bond acceptors (Lipinski definition) is 3. The van der Waals surface area contributed by atoms with Gasteiger partial charge in [0.1, 0.15) is 5.82 Å². The Labute approximate surface area is 85.8 Å². The van der Waals surface area contributed by atoms with Crippen molar-refractivity contribution in [3.05, 3.63) is 23.8 Å². The summed E-state index contributed by atoms with van der Waals surface area (Å²) >= 11 is 0. The summed E-state index contributed by atoms with van der Waals surface area (Å²) in [6.07, 6.45) is 3.65. The van der Waals surface area contributed by atoms with Gasteiger partial charge in [-0.3, -0.25) is 0 Å². The molecule has 0 saturated carbocycles. The Morgan fingerprint density at radius 1 is 1.36 bits per heavy atom. The number of aromatic nitrogens is 2. The maximum atomic E-state index is 5.68. The molecule has 0 aliphatic carbocycles. The molecule has 0 aliphatic rings. The Morgan fingerprint density at radius 3 is 2.64 bits per heavy atom. The first-order valence-electron chi connectivity index (χ1n) is 5.17. The molecular formula is C11H19N3. The molecule has 0 aromatic carbocycles. The van der Waals surface area contributed by atoms with E-state index in [4.69, 9.17) is 5.73 Å². The fourth-order valence-corrected chi connectivity index (χ4v) is 1.21. The molecule has 1 aromatic rings. The van der Waals surface area contributed by atoms with Gasteiger partial charge < -0.3 is 5.73 Å². The first-order valence-corrected chi connectivity index (χ1v) is 5.17. The van der Waals surface area contributed by atoms with Gasteiger partial charge in [0.2, 0.25) is 0 Å². The van der Waals surface area contributed by atoms with Crippen LogP contribution in [0.4, 0.5) is 0 Å². The predicted octanol–water partition coefficient (Wildman–Crippen LogP) is 1.88. The topological polar surface area (TPSA) is 51.8 Å². The number of nitrogens with two attached hydrogens (primary N) is 1. The Hall–Kier alpha value is -0.960. The maximum Gasteiger partial charge on any atom is 0.128 e. The van der Waals surface area contributed by atoms with E-state index < -0.39 is 0 Å². The van der Waals surface area contributed by atoms with E-state index in [0.717, 1.165) is 24.4 Å². The molecule has 3 heteroatoms. The zero-order valence-corrected chi connectivity index (χ0v) is 9.20. The van der Waals surface area contributed by atoms with Gasteiger partial charge in [-0.1, -0.05) is 13.8 Å². The molecule has 78 valence electrons. The average molecular weight is 193 g/mol. The summed E-state index contributed by atoms with van der Waals surface area (Å²) in [7, 11) is 0. The fourth-order valence-electron chi connectivity index (χ4n) is 1.21. The van der Waals surface area contributed by atoms with Crippen LogP contribution in [0.3, 0.4) is 0 Å². The SMILES string of the molecule is CC(N)CCc1nccc(C(C)C)n1. The van der Waals surface area contributed by atoms with E-state index in [1.54, 1.807) is 0 Å². The fraction of sp³-hybridized carbons (Fsp3) is 0.636. The molecule has 1 rings (SSSR count). The second-order valence-electron chi connectivity index (χ2n) is 4.07. The second-order valence-corrected chi connectivity index (χ2v) is 4.07. The third-order valence-electron chi connectivity index (χ3n) is 2.14. The molecule has 3 nitrogen and oxygen atoms in total. The lowest BCUT2D eigenvalue weighted by molar-refractivity contribution is 0.642. The summed E-state index contributed by atoms with van der Waals surface area (Å²) in [5.74, 6) is 1.38. The third kappa shape index (κ3) is 3.42. The van der Waals surface area contributed by atoms with E-state index in [2.05, 4.69) is 23.8 Å². The minimum Gasteiger partial charge on any atom is -0.328 e. The van der Waals surface area contributed by atoms with Gasteiger partial charge in [-0.25, -0.2) is 9.97 Å². The van der Waals surface area contributed by atoms with Crippen LogP contribution in [-0.2, 0) is 6.42 Å². The highest BCUT2D eigenvalue weighted by atomic mass is 14.9. The normalized spacial score (nSPS) is 13.2. The Kier molecular flexibility index (Phi) is 4.01. The standard InChI is InChI=1S/C11H19N3/c1-8(2)10-6-7-13-11(14-10)5-4-9(3)12/h6-9H,4-5,12H2,1-3H3. The van der Waals surface area contributed by atoms with Crippen molar-refractivity contribution in [2.45, 2.75) is 45.6 Å². The second kappa shape index (κ2) is 5.05. The van der Waals surface area contributed by atoms with Crippen LogP contribution in [0.5, 0.6) is 0 Å². The lowest BCUT2D eigenvalue weighted by Crippen LogP contribution is -2.16. The summed E-state index contributed by atoms with van der Waals surface area (Å²) < 4.78 is 0. The summed E-state index contributed by atoms with van der Waals surface area (Å²) in [5.41, 5.74) is 6.79. The van der Waals surface area contributed by atoms with Crippen LogP contribution >= 0.6 is 0 Å². The van der Waals surface area contributed by atoms with Gasteiger partial charge in [0.15, 0.2) is 0 Å². The lowest BCUT2D eigenvalue weighted by atomic mass is 10.1. The summed E-state index contributed by atoms with van der Waals surface area (Å²) in [6, 6.07) is 2.20. The highest BCUT2D eigenvalue weighted by molar-refractivity contribution is 5.06. The minimum absolute atomic E-state index is 0.223. The number of hydrogen-bond donors (Lipinski definition) is 1. The highest BCUT2D eigenvalue weighted by Crippen LogP contribution is 2.10. The lowest BCUT2D eigenvalue weighted by Gasteiger charge is -2.07. The Balaban J connectivity index is 2.64. The molecular weight excluding hydrogens is 174 g/mol. The molecule has 0 amide bonds. The zero-order valence-electron chi connectivity index (χ0n) is 9.20. The minimum atomic E-state index is 0.223. The molecule has 0 radical (unpaired) electrons. The van der Waals surface area contributed by atoms with Crippen molar-refractivity contribution in [1.82, 2.24) is 9.97 Å². The van der Waals surface area contributed by atoms with Crippen LogP contribution in [0, 0.1) is 0 Å². The van der Waals surface area contributed by atoms with Crippen LogP contribution in [0.1, 0.15) is 44.6 Å². The molecule has 1 unspecified atom stereocenters. The van der Waals surface area contributed by atoms with E-state index in [9.17, 15) is 0 Å². The molecule has 0 aliphatic heterocycles. The smallest absolute Gasteiger partial charge is 0.128 e. The monoisotopic (exact) mass is 193 g/mol. The average Bonchev–Trinajstić information content (AvgIpc) is 2.15. The molecule has 2 N–H and O–H groups in total. The van der Waals surface area contributed by atoms with Crippen molar-refractivity contribution in [2.24, 2.45) is 5.73 Å². The predicted molar refractivity (Wildman–Crippen MR) is 58.1 cm³/mol. The maximum absolute atomic E-state index is 5.68. The molecule has 14 heavy (non-hydrogen) atoms. The van der Waals surface area contributed by atoms with Gasteiger partial charge in [-0.05, 0) is 25.3 Å². The molecule has 0 fully saturated rings. The van der Waals surface area contributed by atoms with Crippen molar-refractivity contribution in [3.63, 3.8) is 0 Å². The highest BCUT2D eigenvalue weighted by Gasteiger charge is 2.03. The molecule has 0 saturated heterocycles. The Morgan fingerprint density at radius 2 is 2.07 bits per heavy atom. The van der Waals surface area contributed by atoms with E-state index >= 15 is 0 Å². The first-order chi connectivity index (χ1) is 6.59. The van der Waals surface area contributed by atoms with Crippen LogP contribution in [0.15, 0.2) is 12.3 Å². The third-order valence-corrected chi connectivity index (χ3v) is 2.14. The molecule has 0 spiro atoms. The van der Waals surface area contributed by atoms with Gasteiger partial charge in [0.25, 0.3) is 0 Å². The van der Waals surface area contributed by atoms with Crippen LogP contribution in [-0.4, -0.2) is 16.0 Å². The van der Waals surface area contributed by atoms with Gasteiger partial charge in [-0.2, -0.15) is 0 Å². The number of rotatable bonds is 4. The van der Waals surface area contributed by atoms with E-state index in [1.807, 2.05) is 19.2 Å². The van der Waals surface area contributed by atoms with Gasteiger partial charge in [0, 0.05) is 24.4 Å². The van der Waals surface area contributed by atoms with Crippen molar-refractivity contribution in [2.75, 3.05) is 0 Å². The molecule has 1 atom stereocenters. The van der Waals surface area contributed by atoms with Crippen LogP contribution in [0.2, 0.25) is 0 Å². The van der Waals surface area contributed by atoms with Crippen LogP contribution in [0.25, 0.3) is 0 Å². The summed E-state index contributed by atoms with van der Waals surface area (Å²) in [5, 5.41) is 0. The molecule has 1 aromatic heterocycles. The zero-order chi connectivity index (χ0) is 10.6. The van der Waals surface area contributed by atoms with Gasteiger partial charge in [0.05, 0.1) is 0 Å². The first kappa shape index (κ1) is 11.1. The van der Waals surface area contributed by atoms with Crippen molar-refractivity contribution in [3.8, 4) is 0 Å². The van der Waals surface area contributed by atoms with Gasteiger partial charge in [-0.15, -0.1) is 0 Å². The summed E-state index contributed by atoms with van der Waals surface area (Å²) in [4.78, 5) is 8.70. The van der Waals surface area contributed by atoms with Crippen LogP contribution < -0.4 is 5.73 Å². The van der Waals surface area contributed by atoms with Crippen molar-refractivity contribution >= 4 is 0 Å². The Bertz CT molecular complexity index is 282. The van der Waals surface area contributed by atoms with E-state index in [0.29, 0.717) is 5.92 Å². The largest absolute Gasteiger partial charge is 0.328 e. The van der Waals surface area contributed by atoms with Crippen molar-refractivity contribution in [1.29, 1.82) is 0 Å². The van der Waals surface area contributed by atoms with Gasteiger partial charge >= 0.3 is 0 Å². The van der Waals surface area contributed by atoms with E-state index in [-0.39, 0.29) is 6.04 Å².